The molecule has 1 amide bonds. The average Bonchev–Trinajstić information content (AvgIpc) is 3.38. The van der Waals surface area contributed by atoms with Gasteiger partial charge in [-0.3, -0.25) is 4.79 Å². The Morgan fingerprint density at radius 2 is 1.93 bits per heavy atom. The number of benzene rings is 2. The predicted molar refractivity (Wildman–Crippen MR) is 109 cm³/mol. The number of hydrogen-bond donors (Lipinski definition) is 0. The van der Waals surface area contributed by atoms with Crippen LogP contribution in [0.2, 0.25) is 5.02 Å². The van der Waals surface area contributed by atoms with Gasteiger partial charge >= 0.3 is 0 Å². The largest absolute Gasteiger partial charge is 0.497 e. The van der Waals surface area contributed by atoms with E-state index in [9.17, 15) is 4.79 Å². The second-order valence-electron chi connectivity index (χ2n) is 6.47. The third kappa shape index (κ3) is 3.70. The first-order valence-corrected chi connectivity index (χ1v) is 10.1. The van der Waals surface area contributed by atoms with Gasteiger partial charge in [0.1, 0.15) is 16.5 Å². The summed E-state index contributed by atoms with van der Waals surface area (Å²) in [4.78, 5) is 19.6. The van der Waals surface area contributed by atoms with Crippen LogP contribution in [0, 0.1) is 0 Å². The summed E-state index contributed by atoms with van der Waals surface area (Å²) in [6.07, 6.45) is 1.96. The number of carbonyl (C=O) groups is 1. The first-order valence-electron chi connectivity index (χ1n) is 8.82. The second kappa shape index (κ2) is 7.71. The van der Waals surface area contributed by atoms with Crippen molar-refractivity contribution in [2.24, 2.45) is 0 Å². The van der Waals surface area contributed by atoms with Crippen LogP contribution in [0.5, 0.6) is 5.75 Å². The summed E-state index contributed by atoms with van der Waals surface area (Å²) in [6, 6.07) is 15.6. The quantitative estimate of drug-likeness (QED) is 0.586. The Balaban J connectivity index is 1.55. The van der Waals surface area contributed by atoms with Crippen molar-refractivity contribution in [1.29, 1.82) is 0 Å². The summed E-state index contributed by atoms with van der Waals surface area (Å²) in [5, 5.41) is 3.36. The number of thiazole rings is 1. The van der Waals surface area contributed by atoms with E-state index in [1.807, 2.05) is 58.8 Å². The molecule has 0 bridgehead atoms. The molecule has 1 aromatic heterocycles. The Bertz CT molecular complexity index is 938. The smallest absolute Gasteiger partial charge is 0.273 e. The number of amides is 1. The molecule has 4 rings (SSSR count). The SMILES string of the molecule is COc1ccc(C2CCCN2C(=O)c2csc(-c3ccc(Cl)cc3)n2)cc1. The van der Waals surface area contributed by atoms with Crippen molar-refractivity contribution >= 4 is 28.8 Å². The van der Waals surface area contributed by atoms with Gasteiger partial charge < -0.3 is 9.64 Å². The van der Waals surface area contributed by atoms with Crippen molar-refractivity contribution < 1.29 is 9.53 Å². The molecule has 3 aromatic rings. The summed E-state index contributed by atoms with van der Waals surface area (Å²) in [7, 11) is 1.65. The lowest BCUT2D eigenvalue weighted by Crippen LogP contribution is -2.30. The highest BCUT2D eigenvalue weighted by Gasteiger charge is 2.31. The summed E-state index contributed by atoms with van der Waals surface area (Å²) >= 11 is 7.43. The van der Waals surface area contributed by atoms with Crippen LogP contribution in [-0.4, -0.2) is 29.4 Å². The first-order chi connectivity index (χ1) is 13.2. The van der Waals surface area contributed by atoms with Crippen molar-refractivity contribution in [3.05, 3.63) is 70.2 Å². The van der Waals surface area contributed by atoms with E-state index >= 15 is 0 Å². The van der Waals surface area contributed by atoms with Gasteiger partial charge in [0.25, 0.3) is 5.91 Å². The van der Waals surface area contributed by atoms with Gasteiger partial charge in [-0.05, 0) is 42.7 Å². The monoisotopic (exact) mass is 398 g/mol. The van der Waals surface area contributed by atoms with Gasteiger partial charge in [0.15, 0.2) is 0 Å². The third-order valence-corrected chi connectivity index (χ3v) is 5.97. The van der Waals surface area contributed by atoms with Gasteiger partial charge in [-0.25, -0.2) is 4.98 Å². The van der Waals surface area contributed by atoms with E-state index in [0.717, 1.165) is 41.3 Å². The Kier molecular flexibility index (Phi) is 5.14. The average molecular weight is 399 g/mol. The molecule has 138 valence electrons. The fourth-order valence-corrected chi connectivity index (χ4v) is 4.35. The van der Waals surface area contributed by atoms with Gasteiger partial charge in [-0.1, -0.05) is 35.9 Å². The fourth-order valence-electron chi connectivity index (χ4n) is 3.43. The topological polar surface area (TPSA) is 42.4 Å². The molecule has 1 aliphatic rings. The van der Waals surface area contributed by atoms with Crippen LogP contribution in [0.1, 0.15) is 34.9 Å². The zero-order chi connectivity index (χ0) is 18.8. The molecule has 6 heteroatoms. The molecule has 0 aliphatic carbocycles. The standard InChI is InChI=1S/C21H19ClN2O2S/c1-26-17-10-6-14(7-11-17)19-3-2-12-24(19)21(25)18-13-27-20(23-18)15-4-8-16(22)9-5-15/h4-11,13,19H,2-3,12H2,1H3. The molecule has 0 saturated carbocycles. The van der Waals surface area contributed by atoms with Crippen LogP contribution in [-0.2, 0) is 0 Å². The van der Waals surface area contributed by atoms with Crippen molar-refractivity contribution in [3.8, 4) is 16.3 Å². The lowest BCUT2D eigenvalue weighted by Gasteiger charge is -2.24. The van der Waals surface area contributed by atoms with Gasteiger partial charge in [-0.2, -0.15) is 0 Å². The molecular formula is C21H19ClN2O2S. The van der Waals surface area contributed by atoms with E-state index in [0.29, 0.717) is 10.7 Å². The number of methoxy groups -OCH3 is 1. The predicted octanol–water partition coefficient (Wildman–Crippen LogP) is 5.45. The molecule has 1 unspecified atom stereocenters. The van der Waals surface area contributed by atoms with Crippen LogP contribution in [0.3, 0.4) is 0 Å². The number of ether oxygens (including phenoxy) is 1. The molecule has 1 atom stereocenters. The lowest BCUT2D eigenvalue weighted by atomic mass is 10.0. The van der Waals surface area contributed by atoms with Crippen molar-refractivity contribution in [2.75, 3.05) is 13.7 Å². The zero-order valence-electron chi connectivity index (χ0n) is 14.9. The van der Waals surface area contributed by atoms with Gasteiger partial charge in [-0.15, -0.1) is 11.3 Å². The molecule has 2 heterocycles. The van der Waals surface area contributed by atoms with E-state index < -0.39 is 0 Å². The Labute approximate surface area is 167 Å². The first kappa shape index (κ1) is 18.0. The van der Waals surface area contributed by atoms with Crippen LogP contribution in [0.25, 0.3) is 10.6 Å². The highest BCUT2D eigenvalue weighted by atomic mass is 35.5. The maximum atomic E-state index is 13.1. The number of halogens is 1. The maximum absolute atomic E-state index is 13.1. The normalized spacial score (nSPS) is 16.5. The molecular weight excluding hydrogens is 380 g/mol. The third-order valence-electron chi connectivity index (χ3n) is 4.83. The van der Waals surface area contributed by atoms with Crippen LogP contribution in [0.4, 0.5) is 0 Å². The van der Waals surface area contributed by atoms with Gasteiger partial charge in [0.05, 0.1) is 13.2 Å². The number of rotatable bonds is 4. The lowest BCUT2D eigenvalue weighted by molar-refractivity contribution is 0.0730. The molecule has 1 fully saturated rings. The van der Waals surface area contributed by atoms with Crippen LogP contribution >= 0.6 is 22.9 Å². The second-order valence-corrected chi connectivity index (χ2v) is 7.77. The molecule has 0 spiro atoms. The van der Waals surface area contributed by atoms with E-state index in [1.54, 1.807) is 7.11 Å². The highest BCUT2D eigenvalue weighted by Crippen LogP contribution is 2.34. The van der Waals surface area contributed by atoms with Crippen LogP contribution < -0.4 is 4.74 Å². The van der Waals surface area contributed by atoms with Crippen molar-refractivity contribution in [1.82, 2.24) is 9.88 Å². The molecule has 1 saturated heterocycles. The van der Waals surface area contributed by atoms with Crippen molar-refractivity contribution in [2.45, 2.75) is 18.9 Å². The highest BCUT2D eigenvalue weighted by molar-refractivity contribution is 7.13. The summed E-state index contributed by atoms with van der Waals surface area (Å²) in [5.74, 6) is 0.812. The minimum Gasteiger partial charge on any atom is -0.497 e. The van der Waals surface area contributed by atoms with Crippen molar-refractivity contribution in [3.63, 3.8) is 0 Å². The molecule has 4 nitrogen and oxygen atoms in total. The summed E-state index contributed by atoms with van der Waals surface area (Å²) in [5.41, 5.74) is 2.61. The summed E-state index contributed by atoms with van der Waals surface area (Å²) < 4.78 is 5.23. The number of likely N-dealkylation sites (tertiary alicyclic amines) is 1. The Hall–Kier alpha value is -2.37. The fraction of sp³-hybridized carbons (Fsp3) is 0.238. The molecule has 27 heavy (non-hydrogen) atoms. The van der Waals surface area contributed by atoms with Crippen LogP contribution in [0.15, 0.2) is 53.9 Å². The molecule has 2 aromatic carbocycles. The molecule has 1 aliphatic heterocycles. The van der Waals surface area contributed by atoms with Gasteiger partial charge in [0.2, 0.25) is 0 Å². The number of carbonyl (C=O) groups excluding carboxylic acids is 1. The molecule has 0 N–H and O–H groups in total. The van der Waals surface area contributed by atoms with Gasteiger partial charge in [0, 0.05) is 22.5 Å². The number of aromatic nitrogens is 1. The number of hydrogen-bond acceptors (Lipinski definition) is 4. The minimum absolute atomic E-state index is 0.00946. The van der Waals surface area contributed by atoms with E-state index in [4.69, 9.17) is 16.3 Å². The zero-order valence-corrected chi connectivity index (χ0v) is 16.5. The maximum Gasteiger partial charge on any atom is 0.273 e. The number of nitrogens with zero attached hydrogens (tertiary/aromatic N) is 2. The van der Waals surface area contributed by atoms with E-state index in [1.165, 1.54) is 11.3 Å². The Morgan fingerprint density at radius 3 is 2.63 bits per heavy atom. The molecule has 0 radical (unpaired) electrons. The van der Waals surface area contributed by atoms with E-state index in [-0.39, 0.29) is 11.9 Å². The summed E-state index contributed by atoms with van der Waals surface area (Å²) in [6.45, 7) is 0.753. The minimum atomic E-state index is -0.00946. The Morgan fingerprint density at radius 1 is 1.19 bits per heavy atom. The van der Waals surface area contributed by atoms with E-state index in [2.05, 4.69) is 4.98 Å².